The van der Waals surface area contributed by atoms with Crippen LogP contribution in [0.25, 0.3) is 22.3 Å². The molecule has 1 N–H and O–H groups in total. The van der Waals surface area contributed by atoms with Crippen molar-refractivity contribution in [1.29, 1.82) is 0 Å². The normalized spacial score (nSPS) is 19.1. The molecule has 5 rings (SSSR count). The van der Waals surface area contributed by atoms with Crippen molar-refractivity contribution in [1.82, 2.24) is 24.6 Å². The van der Waals surface area contributed by atoms with E-state index in [1.807, 2.05) is 47.5 Å². The molecule has 0 spiro atoms. The summed E-state index contributed by atoms with van der Waals surface area (Å²) < 4.78 is 2.26. The zero-order chi connectivity index (χ0) is 19.8. The van der Waals surface area contributed by atoms with Gasteiger partial charge in [0.05, 0.1) is 22.9 Å². The first kappa shape index (κ1) is 17.7. The molecule has 0 radical (unpaired) electrons. The third kappa shape index (κ3) is 3.31. The summed E-state index contributed by atoms with van der Waals surface area (Å²) in [5.74, 6) is 0.561. The second-order valence-corrected chi connectivity index (χ2v) is 7.83. The summed E-state index contributed by atoms with van der Waals surface area (Å²) in [6.45, 7) is 3.82. The van der Waals surface area contributed by atoms with E-state index < -0.39 is 0 Å². The minimum absolute atomic E-state index is 0.129. The lowest BCUT2D eigenvalue weighted by atomic mass is 10.1. The molecule has 1 aliphatic rings. The van der Waals surface area contributed by atoms with Gasteiger partial charge in [0, 0.05) is 42.7 Å². The number of nitrogens with zero attached hydrogens (tertiary/aromatic N) is 4. The average molecular weight is 385 g/mol. The number of benzene rings is 1. The maximum atomic E-state index is 12.9. The first-order valence-electron chi connectivity index (χ1n) is 10.00. The summed E-state index contributed by atoms with van der Waals surface area (Å²) >= 11 is 0. The van der Waals surface area contributed by atoms with E-state index in [9.17, 15) is 4.79 Å². The van der Waals surface area contributed by atoms with Crippen molar-refractivity contribution in [3.8, 4) is 11.3 Å². The lowest BCUT2D eigenvalue weighted by molar-refractivity contribution is 0.0742. The van der Waals surface area contributed by atoms with E-state index in [4.69, 9.17) is 4.98 Å². The number of aromatic amines is 1. The van der Waals surface area contributed by atoms with Gasteiger partial charge in [0.25, 0.3) is 5.91 Å². The number of pyridine rings is 1. The van der Waals surface area contributed by atoms with Gasteiger partial charge in [0.1, 0.15) is 0 Å². The van der Waals surface area contributed by atoms with Gasteiger partial charge in [-0.15, -0.1) is 0 Å². The van der Waals surface area contributed by atoms with Crippen LogP contribution in [-0.4, -0.2) is 43.1 Å². The quantitative estimate of drug-likeness (QED) is 0.578. The van der Waals surface area contributed by atoms with E-state index in [1.165, 1.54) is 0 Å². The molecule has 4 aromatic rings. The number of carbonyl (C=O) groups excluding carboxylic acids is 1. The smallest absolute Gasteiger partial charge is 0.254 e. The Kier molecular flexibility index (Phi) is 4.39. The second-order valence-electron chi connectivity index (χ2n) is 7.83. The Morgan fingerprint density at radius 2 is 2.03 bits per heavy atom. The number of H-pyrrole nitrogens is 1. The third-order valence-electron chi connectivity index (χ3n) is 5.82. The number of amides is 1. The van der Waals surface area contributed by atoms with Crippen LogP contribution in [-0.2, 0) is 6.54 Å². The number of nitrogens with one attached hydrogen (secondary N) is 1. The van der Waals surface area contributed by atoms with Gasteiger partial charge in [-0.1, -0.05) is 18.2 Å². The van der Waals surface area contributed by atoms with Crippen LogP contribution in [0.1, 0.15) is 23.7 Å². The van der Waals surface area contributed by atoms with E-state index in [0.29, 0.717) is 5.92 Å². The molecule has 6 heteroatoms. The summed E-state index contributed by atoms with van der Waals surface area (Å²) in [6, 6.07) is 16.0. The summed E-state index contributed by atoms with van der Waals surface area (Å²) in [4.78, 5) is 19.6. The van der Waals surface area contributed by atoms with Gasteiger partial charge in [-0.05, 0) is 49.6 Å². The molecule has 2 atom stereocenters. The summed E-state index contributed by atoms with van der Waals surface area (Å²) in [7, 11) is 0. The van der Waals surface area contributed by atoms with Crippen LogP contribution in [0.2, 0.25) is 0 Å². The van der Waals surface area contributed by atoms with E-state index >= 15 is 0 Å². The SMILES string of the molecule is CC1CC(Cn2ccc3nc(-c4cn[nH]c4)ccc32)CN1C(=O)c1ccccc1. The Labute approximate surface area is 169 Å². The lowest BCUT2D eigenvalue weighted by Gasteiger charge is -2.21. The van der Waals surface area contributed by atoms with Gasteiger partial charge in [-0.25, -0.2) is 4.98 Å². The number of hydrogen-bond donors (Lipinski definition) is 1. The number of aromatic nitrogens is 4. The molecule has 3 aromatic heterocycles. The molecule has 1 saturated heterocycles. The Balaban J connectivity index is 1.33. The molecule has 29 heavy (non-hydrogen) atoms. The van der Waals surface area contributed by atoms with Crippen molar-refractivity contribution in [2.45, 2.75) is 25.9 Å². The average Bonchev–Trinajstić information content (AvgIpc) is 3.49. The highest BCUT2D eigenvalue weighted by molar-refractivity contribution is 5.94. The Morgan fingerprint density at radius 1 is 1.17 bits per heavy atom. The maximum Gasteiger partial charge on any atom is 0.254 e. The van der Waals surface area contributed by atoms with Gasteiger partial charge in [0.15, 0.2) is 0 Å². The van der Waals surface area contributed by atoms with Crippen molar-refractivity contribution >= 4 is 16.9 Å². The molecule has 1 aliphatic heterocycles. The van der Waals surface area contributed by atoms with Crippen LogP contribution >= 0.6 is 0 Å². The minimum atomic E-state index is 0.129. The van der Waals surface area contributed by atoms with Gasteiger partial charge in [0.2, 0.25) is 0 Å². The largest absolute Gasteiger partial charge is 0.346 e. The Morgan fingerprint density at radius 3 is 2.83 bits per heavy atom. The van der Waals surface area contributed by atoms with Crippen molar-refractivity contribution in [2.24, 2.45) is 5.92 Å². The number of carbonyl (C=O) groups is 1. The van der Waals surface area contributed by atoms with E-state index in [-0.39, 0.29) is 11.9 Å². The van der Waals surface area contributed by atoms with Gasteiger partial charge < -0.3 is 9.47 Å². The second kappa shape index (κ2) is 7.20. The molecule has 146 valence electrons. The summed E-state index contributed by atoms with van der Waals surface area (Å²) in [5.41, 5.74) is 4.77. The van der Waals surface area contributed by atoms with Crippen molar-refractivity contribution in [3.05, 3.63) is 72.7 Å². The molecule has 0 aliphatic carbocycles. The Bertz CT molecular complexity index is 1130. The molecule has 1 amide bonds. The zero-order valence-corrected chi connectivity index (χ0v) is 16.3. The molecule has 2 unspecified atom stereocenters. The van der Waals surface area contributed by atoms with Crippen LogP contribution in [0.5, 0.6) is 0 Å². The highest BCUT2D eigenvalue weighted by Gasteiger charge is 2.33. The van der Waals surface area contributed by atoms with Crippen LogP contribution in [0.15, 0.2) is 67.1 Å². The zero-order valence-electron chi connectivity index (χ0n) is 16.3. The summed E-state index contributed by atoms with van der Waals surface area (Å²) in [6.07, 6.45) is 6.74. The lowest BCUT2D eigenvalue weighted by Crippen LogP contribution is -2.34. The van der Waals surface area contributed by atoms with Crippen molar-refractivity contribution in [2.75, 3.05) is 6.54 Å². The maximum absolute atomic E-state index is 12.9. The fraction of sp³-hybridized carbons (Fsp3) is 0.261. The molecule has 6 nitrogen and oxygen atoms in total. The van der Waals surface area contributed by atoms with Crippen molar-refractivity contribution in [3.63, 3.8) is 0 Å². The highest BCUT2D eigenvalue weighted by Crippen LogP contribution is 2.28. The van der Waals surface area contributed by atoms with Crippen molar-refractivity contribution < 1.29 is 4.79 Å². The number of likely N-dealkylation sites (tertiary alicyclic amines) is 1. The standard InChI is InChI=1S/C23H23N5O/c1-16-11-17(15-28(16)23(29)18-5-3-2-4-6-18)14-27-10-9-21-22(27)8-7-20(26-21)19-12-24-25-13-19/h2-10,12-13,16-17H,11,14-15H2,1H3,(H,24,25). The highest BCUT2D eigenvalue weighted by atomic mass is 16.2. The van der Waals surface area contributed by atoms with Crippen LogP contribution in [0, 0.1) is 5.92 Å². The number of hydrogen-bond acceptors (Lipinski definition) is 3. The van der Waals surface area contributed by atoms with E-state index in [0.717, 1.165) is 47.4 Å². The van der Waals surface area contributed by atoms with Crippen LogP contribution < -0.4 is 0 Å². The van der Waals surface area contributed by atoms with Gasteiger partial charge in [-0.2, -0.15) is 5.10 Å². The molecule has 0 saturated carbocycles. The molecule has 1 aromatic carbocycles. The summed E-state index contributed by atoms with van der Waals surface area (Å²) in [5, 5.41) is 6.83. The van der Waals surface area contributed by atoms with Crippen LogP contribution in [0.3, 0.4) is 0 Å². The van der Waals surface area contributed by atoms with E-state index in [2.05, 4.69) is 40.0 Å². The number of rotatable bonds is 4. The van der Waals surface area contributed by atoms with Gasteiger partial charge in [-0.3, -0.25) is 9.89 Å². The minimum Gasteiger partial charge on any atom is -0.346 e. The third-order valence-corrected chi connectivity index (χ3v) is 5.82. The predicted molar refractivity (Wildman–Crippen MR) is 112 cm³/mol. The molecule has 4 heterocycles. The molecule has 1 fully saturated rings. The molecule has 0 bridgehead atoms. The topological polar surface area (TPSA) is 66.8 Å². The molecular weight excluding hydrogens is 362 g/mol. The van der Waals surface area contributed by atoms with E-state index in [1.54, 1.807) is 6.20 Å². The fourth-order valence-corrected chi connectivity index (χ4v) is 4.37. The first-order chi connectivity index (χ1) is 14.2. The fourth-order valence-electron chi connectivity index (χ4n) is 4.37. The molecular formula is C23H23N5O. The first-order valence-corrected chi connectivity index (χ1v) is 10.00. The Hall–Kier alpha value is -3.41. The predicted octanol–water partition coefficient (Wildman–Crippen LogP) is 3.98. The number of fused-ring (bicyclic) bond motifs is 1. The monoisotopic (exact) mass is 385 g/mol. The van der Waals surface area contributed by atoms with Gasteiger partial charge >= 0.3 is 0 Å². The van der Waals surface area contributed by atoms with Crippen LogP contribution in [0.4, 0.5) is 0 Å².